The van der Waals surface area contributed by atoms with Gasteiger partial charge < -0.3 is 10.8 Å². The van der Waals surface area contributed by atoms with E-state index >= 15 is 0 Å². The summed E-state index contributed by atoms with van der Waals surface area (Å²) in [5, 5.41) is 15.4. The maximum Gasteiger partial charge on any atom is 0.153 e. The minimum atomic E-state index is -0.454. The normalized spacial score (nSPS) is 13.8. The van der Waals surface area contributed by atoms with Gasteiger partial charge in [-0.3, -0.25) is 5.10 Å². The number of aliphatic hydroxyl groups is 1. The number of rotatable bonds is 3. The van der Waals surface area contributed by atoms with Crippen LogP contribution in [0.4, 0.5) is 0 Å². The van der Waals surface area contributed by atoms with Crippen molar-refractivity contribution in [2.24, 2.45) is 5.73 Å². The highest BCUT2D eigenvalue weighted by Gasteiger charge is 2.11. The van der Waals surface area contributed by atoms with Gasteiger partial charge in [-0.05, 0) is 0 Å². The molecule has 0 aliphatic carbocycles. The molecule has 1 aromatic rings. The predicted octanol–water partition coefficient (Wildman–Crippen LogP) is -0.0798. The summed E-state index contributed by atoms with van der Waals surface area (Å²) in [6.45, 7) is 3.88. The standard InChI is InChI=1S/C7H14N4O/c1-4(2)6-9-7(11-10-6)5(8)3-12/h4-5,12H,3,8H2,1-2H3,(H,9,10,11)/t5-/m1/s1. The van der Waals surface area contributed by atoms with Crippen LogP contribution in [-0.2, 0) is 0 Å². The van der Waals surface area contributed by atoms with Gasteiger partial charge in [-0.2, -0.15) is 5.10 Å². The Bertz CT molecular complexity index is 245. The van der Waals surface area contributed by atoms with Crippen LogP contribution in [0, 0.1) is 0 Å². The zero-order valence-corrected chi connectivity index (χ0v) is 7.28. The first-order chi connectivity index (χ1) is 5.65. The fourth-order valence-corrected chi connectivity index (χ4v) is 0.798. The third kappa shape index (κ3) is 1.80. The van der Waals surface area contributed by atoms with E-state index in [9.17, 15) is 0 Å². The number of aromatic amines is 1. The van der Waals surface area contributed by atoms with Crippen LogP contribution in [0.5, 0.6) is 0 Å². The highest BCUT2D eigenvalue weighted by atomic mass is 16.3. The maximum absolute atomic E-state index is 8.72. The SMILES string of the molecule is CC(C)c1n[nH]c([C@H](N)CO)n1. The van der Waals surface area contributed by atoms with Gasteiger partial charge in [0.2, 0.25) is 0 Å². The molecule has 5 nitrogen and oxygen atoms in total. The molecule has 0 saturated heterocycles. The van der Waals surface area contributed by atoms with E-state index in [1.54, 1.807) is 0 Å². The molecule has 1 aromatic heterocycles. The Labute approximate surface area is 71.0 Å². The molecule has 0 radical (unpaired) electrons. The second-order valence-corrected chi connectivity index (χ2v) is 3.02. The average molecular weight is 170 g/mol. The van der Waals surface area contributed by atoms with Crippen molar-refractivity contribution in [1.29, 1.82) is 0 Å². The number of H-pyrrole nitrogens is 1. The lowest BCUT2D eigenvalue weighted by atomic mass is 10.2. The quantitative estimate of drug-likeness (QED) is 0.592. The number of hydrogen-bond acceptors (Lipinski definition) is 4. The molecule has 0 bridgehead atoms. The van der Waals surface area contributed by atoms with Gasteiger partial charge in [-0.15, -0.1) is 0 Å². The number of aromatic nitrogens is 3. The fourth-order valence-electron chi connectivity index (χ4n) is 0.798. The molecule has 0 fully saturated rings. The summed E-state index contributed by atoms with van der Waals surface area (Å²) >= 11 is 0. The molecule has 1 rings (SSSR count). The van der Waals surface area contributed by atoms with E-state index in [0.29, 0.717) is 5.82 Å². The van der Waals surface area contributed by atoms with Crippen LogP contribution in [-0.4, -0.2) is 26.9 Å². The van der Waals surface area contributed by atoms with Crippen molar-refractivity contribution in [2.75, 3.05) is 6.61 Å². The molecule has 0 aliphatic rings. The number of nitrogens with two attached hydrogens (primary N) is 1. The Morgan fingerprint density at radius 2 is 2.25 bits per heavy atom. The van der Waals surface area contributed by atoms with E-state index in [2.05, 4.69) is 15.2 Å². The van der Waals surface area contributed by atoms with E-state index in [4.69, 9.17) is 10.8 Å². The molecule has 0 unspecified atom stereocenters. The second-order valence-electron chi connectivity index (χ2n) is 3.02. The second kappa shape index (κ2) is 3.64. The van der Waals surface area contributed by atoms with Crippen molar-refractivity contribution in [3.8, 4) is 0 Å². The largest absolute Gasteiger partial charge is 0.394 e. The first-order valence-electron chi connectivity index (χ1n) is 3.93. The summed E-state index contributed by atoms with van der Waals surface area (Å²) in [5.74, 6) is 1.55. The Morgan fingerprint density at radius 1 is 1.58 bits per heavy atom. The highest BCUT2D eigenvalue weighted by molar-refractivity contribution is 4.98. The smallest absolute Gasteiger partial charge is 0.153 e. The summed E-state index contributed by atoms with van der Waals surface area (Å²) in [6.07, 6.45) is 0. The molecular weight excluding hydrogens is 156 g/mol. The van der Waals surface area contributed by atoms with Gasteiger partial charge in [0, 0.05) is 5.92 Å². The lowest BCUT2D eigenvalue weighted by Crippen LogP contribution is -2.16. The summed E-state index contributed by atoms with van der Waals surface area (Å²) in [4.78, 5) is 4.13. The summed E-state index contributed by atoms with van der Waals surface area (Å²) < 4.78 is 0. The molecule has 0 aliphatic heterocycles. The van der Waals surface area contributed by atoms with Crippen LogP contribution in [0.25, 0.3) is 0 Å². The molecule has 4 N–H and O–H groups in total. The zero-order chi connectivity index (χ0) is 9.14. The van der Waals surface area contributed by atoms with Crippen molar-refractivity contribution in [3.05, 3.63) is 11.6 Å². The number of nitrogens with one attached hydrogen (secondary N) is 1. The molecular formula is C7H14N4O. The van der Waals surface area contributed by atoms with Crippen LogP contribution >= 0.6 is 0 Å². The molecule has 68 valence electrons. The van der Waals surface area contributed by atoms with Gasteiger partial charge in [-0.25, -0.2) is 4.98 Å². The van der Waals surface area contributed by atoms with Crippen LogP contribution < -0.4 is 5.73 Å². The minimum Gasteiger partial charge on any atom is -0.394 e. The van der Waals surface area contributed by atoms with Gasteiger partial charge in [0.25, 0.3) is 0 Å². The highest BCUT2D eigenvalue weighted by Crippen LogP contribution is 2.10. The van der Waals surface area contributed by atoms with Crippen molar-refractivity contribution in [2.45, 2.75) is 25.8 Å². The first-order valence-corrected chi connectivity index (χ1v) is 3.93. The third-order valence-electron chi connectivity index (χ3n) is 1.58. The Kier molecular flexibility index (Phi) is 2.78. The lowest BCUT2D eigenvalue weighted by molar-refractivity contribution is 0.263. The van der Waals surface area contributed by atoms with Crippen LogP contribution in [0.2, 0.25) is 0 Å². The van der Waals surface area contributed by atoms with Crippen LogP contribution in [0.1, 0.15) is 37.5 Å². The van der Waals surface area contributed by atoms with E-state index < -0.39 is 6.04 Å². The van der Waals surface area contributed by atoms with Crippen LogP contribution in [0.3, 0.4) is 0 Å². The fraction of sp³-hybridized carbons (Fsp3) is 0.714. The lowest BCUT2D eigenvalue weighted by Gasteiger charge is -2.01. The van der Waals surface area contributed by atoms with E-state index in [-0.39, 0.29) is 12.5 Å². The minimum absolute atomic E-state index is 0.118. The summed E-state index contributed by atoms with van der Waals surface area (Å²) in [7, 11) is 0. The van der Waals surface area contributed by atoms with Gasteiger partial charge in [-0.1, -0.05) is 13.8 Å². The summed E-state index contributed by atoms with van der Waals surface area (Å²) in [6, 6.07) is -0.454. The van der Waals surface area contributed by atoms with Crippen molar-refractivity contribution in [3.63, 3.8) is 0 Å². The molecule has 0 amide bonds. The zero-order valence-electron chi connectivity index (χ0n) is 7.28. The van der Waals surface area contributed by atoms with Crippen molar-refractivity contribution >= 4 is 0 Å². The number of hydrogen-bond donors (Lipinski definition) is 3. The molecule has 1 heterocycles. The van der Waals surface area contributed by atoms with Crippen molar-refractivity contribution < 1.29 is 5.11 Å². The Hall–Kier alpha value is -0.940. The van der Waals surface area contributed by atoms with Gasteiger partial charge >= 0.3 is 0 Å². The molecule has 5 heteroatoms. The van der Waals surface area contributed by atoms with E-state index in [1.807, 2.05) is 13.8 Å². The topological polar surface area (TPSA) is 87.8 Å². The number of aliphatic hydroxyl groups excluding tert-OH is 1. The van der Waals surface area contributed by atoms with Gasteiger partial charge in [0.1, 0.15) is 5.82 Å². The van der Waals surface area contributed by atoms with E-state index in [0.717, 1.165) is 5.82 Å². The molecule has 12 heavy (non-hydrogen) atoms. The Balaban J connectivity index is 2.77. The van der Waals surface area contributed by atoms with E-state index in [1.165, 1.54) is 0 Å². The van der Waals surface area contributed by atoms with Crippen LogP contribution in [0.15, 0.2) is 0 Å². The monoisotopic (exact) mass is 170 g/mol. The van der Waals surface area contributed by atoms with Gasteiger partial charge in [0.15, 0.2) is 5.82 Å². The first kappa shape index (κ1) is 9.15. The average Bonchev–Trinajstić information content (AvgIpc) is 2.51. The summed E-state index contributed by atoms with van der Waals surface area (Å²) in [5.41, 5.74) is 5.52. The van der Waals surface area contributed by atoms with Crippen molar-refractivity contribution in [1.82, 2.24) is 15.2 Å². The third-order valence-corrected chi connectivity index (χ3v) is 1.58. The molecule has 0 spiro atoms. The molecule has 0 aromatic carbocycles. The predicted molar refractivity (Wildman–Crippen MR) is 44.5 cm³/mol. The molecule has 1 atom stereocenters. The van der Waals surface area contributed by atoms with Gasteiger partial charge in [0.05, 0.1) is 12.6 Å². The number of nitrogens with zero attached hydrogens (tertiary/aromatic N) is 2. The molecule has 0 saturated carbocycles. The maximum atomic E-state index is 8.72. The Morgan fingerprint density at radius 3 is 2.67 bits per heavy atom.